The van der Waals surface area contributed by atoms with Crippen LogP contribution in [0.5, 0.6) is 0 Å². The second-order valence-corrected chi connectivity index (χ2v) is 4.48. The summed E-state index contributed by atoms with van der Waals surface area (Å²) in [5.74, 6) is 2.12. The average molecular weight is 189 g/mol. The molecule has 3 rings (SSSR count). The van der Waals surface area contributed by atoms with Gasteiger partial charge >= 0.3 is 12.0 Å². The first-order valence-electron chi connectivity index (χ1n) is 4.33. The van der Waals surface area contributed by atoms with Crippen LogP contribution in [0.3, 0.4) is 0 Å². The Hall–Kier alpha value is -1.02. The molecule has 3 aliphatic rings. The Labute approximate surface area is 81.2 Å². The predicted molar refractivity (Wildman–Crippen MR) is 55.7 cm³/mol. The monoisotopic (exact) mass is 189 g/mol. The highest BCUT2D eigenvalue weighted by Crippen LogP contribution is 2.44. The van der Waals surface area contributed by atoms with Crippen LogP contribution < -0.4 is 0 Å². The zero-order valence-corrected chi connectivity index (χ0v) is 7.88. The summed E-state index contributed by atoms with van der Waals surface area (Å²) in [4.78, 5) is 0. The van der Waals surface area contributed by atoms with Crippen LogP contribution in [-0.2, 0) is 4.42 Å². The van der Waals surface area contributed by atoms with Crippen molar-refractivity contribution in [2.75, 3.05) is 5.75 Å². The maximum absolute atomic E-state index is 5.52. The van der Waals surface area contributed by atoms with Crippen molar-refractivity contribution in [1.29, 1.82) is 0 Å². The molecule has 1 atom stereocenters. The van der Waals surface area contributed by atoms with E-state index in [1.807, 2.05) is 17.8 Å². The molecule has 0 saturated carbocycles. The van der Waals surface area contributed by atoms with Gasteiger partial charge in [-0.25, -0.2) is 4.42 Å². The molecular weight excluding hydrogens is 180 g/mol. The number of rotatable bonds is 0. The zero-order valence-electron chi connectivity index (χ0n) is 7.07. The minimum Gasteiger partial charge on any atom is -0.219 e. The Morgan fingerprint density at radius 1 is 1.31 bits per heavy atom. The van der Waals surface area contributed by atoms with Gasteiger partial charge in [-0.2, -0.15) is 0 Å². The largest absolute Gasteiger partial charge is 0.353 e. The SMILES string of the molecule is C1=CC2=[O+]C=CC3=CCSC32C=C1. The van der Waals surface area contributed by atoms with Gasteiger partial charge in [-0.05, 0) is 5.57 Å². The highest BCUT2D eigenvalue weighted by Gasteiger charge is 2.48. The molecule has 0 aromatic rings. The summed E-state index contributed by atoms with van der Waals surface area (Å²) >= 11 is 1.91. The molecule has 64 valence electrons. The molecule has 0 N–H and O–H groups in total. The standard InChI is InChI=1S/C11H9OS/c1-2-6-11-9(5-8-13-11)4-7-12-10(11)3-1/h1-7H,8H2/q+1. The number of allylic oxidation sites excluding steroid dienone is 4. The fourth-order valence-electron chi connectivity index (χ4n) is 1.89. The number of carbonyl (C=O) groups excluding carboxylic acids is 1. The van der Waals surface area contributed by atoms with Crippen LogP contribution in [0.4, 0.5) is 0 Å². The van der Waals surface area contributed by atoms with Crippen LogP contribution in [0.15, 0.2) is 48.3 Å². The van der Waals surface area contributed by atoms with E-state index in [4.69, 9.17) is 4.42 Å². The van der Waals surface area contributed by atoms with Gasteiger partial charge in [-0.15, -0.1) is 11.8 Å². The van der Waals surface area contributed by atoms with Gasteiger partial charge in [0.15, 0.2) is 4.75 Å². The third-order valence-corrected chi connectivity index (χ3v) is 3.90. The Balaban J connectivity index is 2.22. The van der Waals surface area contributed by atoms with Gasteiger partial charge in [-0.1, -0.05) is 24.3 Å². The van der Waals surface area contributed by atoms with E-state index < -0.39 is 0 Å². The van der Waals surface area contributed by atoms with Crippen molar-refractivity contribution in [2.24, 2.45) is 0 Å². The van der Waals surface area contributed by atoms with E-state index in [-0.39, 0.29) is 4.75 Å². The van der Waals surface area contributed by atoms with E-state index in [0.29, 0.717) is 0 Å². The molecule has 13 heavy (non-hydrogen) atoms. The van der Waals surface area contributed by atoms with Gasteiger partial charge in [0.1, 0.15) is 0 Å². The van der Waals surface area contributed by atoms with Crippen LogP contribution in [-0.4, -0.2) is 16.3 Å². The highest BCUT2D eigenvalue weighted by molar-refractivity contribution is 8.02. The highest BCUT2D eigenvalue weighted by atomic mass is 32.2. The van der Waals surface area contributed by atoms with Gasteiger partial charge in [0.2, 0.25) is 0 Å². The summed E-state index contributed by atoms with van der Waals surface area (Å²) < 4.78 is 5.53. The van der Waals surface area contributed by atoms with Crippen LogP contribution >= 0.6 is 11.8 Å². The quantitative estimate of drug-likeness (QED) is 0.531. The van der Waals surface area contributed by atoms with E-state index in [0.717, 1.165) is 11.5 Å². The topological polar surface area (TPSA) is 11.3 Å². The Bertz CT molecular complexity index is 398. The molecular formula is C11H9OS+. The lowest BCUT2D eigenvalue weighted by Gasteiger charge is -2.22. The van der Waals surface area contributed by atoms with Crippen molar-refractivity contribution in [3.05, 3.63) is 48.3 Å². The van der Waals surface area contributed by atoms with Crippen molar-refractivity contribution in [3.8, 4) is 0 Å². The second-order valence-electron chi connectivity index (χ2n) is 3.21. The first-order chi connectivity index (χ1) is 6.42. The molecule has 0 bridgehead atoms. The average Bonchev–Trinajstić information content (AvgIpc) is 2.58. The number of thioether (sulfide) groups is 1. The smallest absolute Gasteiger partial charge is 0.219 e. The molecule has 0 saturated heterocycles. The van der Waals surface area contributed by atoms with E-state index in [9.17, 15) is 0 Å². The lowest BCUT2D eigenvalue weighted by molar-refractivity contribution is -0.375. The summed E-state index contributed by atoms with van der Waals surface area (Å²) in [5, 5.41) is 0. The maximum Gasteiger partial charge on any atom is 0.353 e. The second kappa shape index (κ2) is 2.48. The summed E-state index contributed by atoms with van der Waals surface area (Å²) in [6, 6.07) is 0. The minimum atomic E-state index is 0.00347. The molecule has 0 radical (unpaired) electrons. The third-order valence-electron chi connectivity index (χ3n) is 2.54. The van der Waals surface area contributed by atoms with Gasteiger partial charge < -0.3 is 0 Å². The minimum absolute atomic E-state index is 0.00347. The summed E-state index contributed by atoms with van der Waals surface area (Å²) in [6.45, 7) is 0. The third kappa shape index (κ3) is 0.866. The molecule has 0 aromatic carbocycles. The molecule has 2 heteroatoms. The molecule has 2 heterocycles. The first-order valence-corrected chi connectivity index (χ1v) is 5.31. The van der Waals surface area contributed by atoms with E-state index in [2.05, 4.69) is 30.4 Å². The van der Waals surface area contributed by atoms with Gasteiger partial charge in [0.05, 0.1) is 0 Å². The number of hydrogen-bond donors (Lipinski definition) is 0. The van der Waals surface area contributed by atoms with Crippen LogP contribution in [0.25, 0.3) is 0 Å². The van der Waals surface area contributed by atoms with E-state index in [1.54, 1.807) is 6.26 Å². The Morgan fingerprint density at radius 3 is 3.31 bits per heavy atom. The summed E-state index contributed by atoms with van der Waals surface area (Å²) in [5.41, 5.74) is 1.36. The number of ketones is 1. The van der Waals surface area contributed by atoms with Crippen molar-refractivity contribution >= 4 is 17.5 Å². The molecule has 1 spiro atoms. The van der Waals surface area contributed by atoms with E-state index in [1.165, 1.54) is 5.57 Å². The van der Waals surface area contributed by atoms with E-state index >= 15 is 0 Å². The zero-order chi connectivity index (χ0) is 8.73. The lowest BCUT2D eigenvalue weighted by Crippen LogP contribution is -2.35. The fourth-order valence-corrected chi connectivity index (χ4v) is 3.17. The maximum atomic E-state index is 5.52. The van der Waals surface area contributed by atoms with Gasteiger partial charge in [0, 0.05) is 17.9 Å². The van der Waals surface area contributed by atoms with Crippen molar-refractivity contribution in [3.63, 3.8) is 0 Å². The van der Waals surface area contributed by atoms with Crippen LogP contribution in [0.1, 0.15) is 0 Å². The molecule has 0 fully saturated rings. The van der Waals surface area contributed by atoms with Crippen LogP contribution in [0.2, 0.25) is 0 Å². The Kier molecular flexibility index (Phi) is 1.41. The Morgan fingerprint density at radius 2 is 2.31 bits per heavy atom. The van der Waals surface area contributed by atoms with Crippen molar-refractivity contribution in [2.45, 2.75) is 4.75 Å². The van der Waals surface area contributed by atoms with Crippen molar-refractivity contribution in [1.82, 2.24) is 0 Å². The molecule has 1 aliphatic carbocycles. The predicted octanol–water partition coefficient (Wildman–Crippen LogP) is 2.16. The number of hydrogen-bond acceptors (Lipinski definition) is 1. The molecule has 1 nitrogen and oxygen atoms in total. The first kappa shape index (κ1) is 7.39. The van der Waals surface area contributed by atoms with Gasteiger partial charge in [-0.3, -0.25) is 0 Å². The van der Waals surface area contributed by atoms with Crippen LogP contribution in [0, 0.1) is 0 Å². The summed E-state index contributed by atoms with van der Waals surface area (Å²) in [7, 11) is 0. The molecule has 1 unspecified atom stereocenters. The normalized spacial score (nSPS) is 33.8. The summed E-state index contributed by atoms with van der Waals surface area (Å²) in [6.07, 6.45) is 14.5. The molecule has 2 aliphatic heterocycles. The van der Waals surface area contributed by atoms with Crippen molar-refractivity contribution < 1.29 is 4.42 Å². The molecule has 0 aromatic heterocycles. The van der Waals surface area contributed by atoms with Gasteiger partial charge in [0.25, 0.3) is 0 Å². The molecule has 0 amide bonds. The fraction of sp³-hybridized carbons (Fsp3) is 0.182. The lowest BCUT2D eigenvalue weighted by atomic mass is 9.89.